The average molecular weight is 429 g/mol. The molecule has 1 fully saturated rings. The standard InChI is InChI=1S/C24H30F2N4O/c1-2-27-24(28-12-10-20-15-21(25)8-9-22(20)26)29-16-19-14-23(31)30(17-19)13-11-18-6-4-3-5-7-18/h3-9,15,19H,2,10-14,16-17H2,1H3,(H2,27,28,29). The van der Waals surface area contributed by atoms with E-state index in [-0.39, 0.29) is 11.8 Å². The molecule has 0 aliphatic carbocycles. The normalized spacial score (nSPS) is 16.6. The highest BCUT2D eigenvalue weighted by Crippen LogP contribution is 2.18. The summed E-state index contributed by atoms with van der Waals surface area (Å²) < 4.78 is 27.1. The molecule has 1 heterocycles. The van der Waals surface area contributed by atoms with Crippen LogP contribution < -0.4 is 10.6 Å². The Hall–Kier alpha value is -2.96. The number of hydrogen-bond donors (Lipinski definition) is 2. The van der Waals surface area contributed by atoms with Crippen LogP contribution in [0.4, 0.5) is 8.78 Å². The largest absolute Gasteiger partial charge is 0.357 e. The van der Waals surface area contributed by atoms with Gasteiger partial charge in [-0.1, -0.05) is 30.3 Å². The maximum absolute atomic E-state index is 13.8. The Labute approximate surface area is 182 Å². The molecular formula is C24H30F2N4O. The predicted molar refractivity (Wildman–Crippen MR) is 119 cm³/mol. The first-order valence-corrected chi connectivity index (χ1v) is 10.8. The molecule has 1 amide bonds. The highest BCUT2D eigenvalue weighted by Gasteiger charge is 2.29. The molecule has 0 radical (unpaired) electrons. The van der Waals surface area contributed by atoms with Crippen LogP contribution in [0.5, 0.6) is 0 Å². The maximum atomic E-state index is 13.8. The van der Waals surface area contributed by atoms with Gasteiger partial charge in [0, 0.05) is 45.1 Å². The number of hydrogen-bond acceptors (Lipinski definition) is 2. The van der Waals surface area contributed by atoms with E-state index in [0.717, 1.165) is 25.1 Å². The topological polar surface area (TPSA) is 56.7 Å². The van der Waals surface area contributed by atoms with Crippen LogP contribution in [0.1, 0.15) is 24.5 Å². The van der Waals surface area contributed by atoms with Crippen LogP contribution in [0.2, 0.25) is 0 Å². The smallest absolute Gasteiger partial charge is 0.223 e. The Morgan fingerprint density at radius 1 is 1.13 bits per heavy atom. The third-order valence-electron chi connectivity index (χ3n) is 5.35. The van der Waals surface area contributed by atoms with Crippen LogP contribution in [0, 0.1) is 17.6 Å². The molecule has 2 aromatic carbocycles. The second-order valence-corrected chi connectivity index (χ2v) is 7.78. The Morgan fingerprint density at radius 2 is 1.94 bits per heavy atom. The van der Waals surface area contributed by atoms with Crippen LogP contribution in [0.15, 0.2) is 53.5 Å². The number of benzene rings is 2. The van der Waals surface area contributed by atoms with Gasteiger partial charge in [-0.25, -0.2) is 8.78 Å². The molecule has 0 spiro atoms. The van der Waals surface area contributed by atoms with Crippen molar-refractivity contribution in [2.75, 3.05) is 32.7 Å². The molecule has 166 valence electrons. The quantitative estimate of drug-likeness (QED) is 0.477. The van der Waals surface area contributed by atoms with Gasteiger partial charge < -0.3 is 15.5 Å². The summed E-state index contributed by atoms with van der Waals surface area (Å²) in [6, 6.07) is 13.6. The van der Waals surface area contributed by atoms with Gasteiger partial charge in [-0.3, -0.25) is 9.79 Å². The van der Waals surface area contributed by atoms with Crippen molar-refractivity contribution in [1.82, 2.24) is 15.5 Å². The van der Waals surface area contributed by atoms with Gasteiger partial charge >= 0.3 is 0 Å². The number of nitrogens with zero attached hydrogens (tertiary/aromatic N) is 2. The van der Waals surface area contributed by atoms with Crippen molar-refractivity contribution in [1.29, 1.82) is 0 Å². The minimum Gasteiger partial charge on any atom is -0.357 e. The summed E-state index contributed by atoms with van der Waals surface area (Å²) in [6.07, 6.45) is 1.71. The van der Waals surface area contributed by atoms with Gasteiger partial charge in [-0.05, 0) is 49.1 Å². The number of aliphatic imine (C=N–C) groups is 1. The molecule has 5 nitrogen and oxygen atoms in total. The van der Waals surface area contributed by atoms with Gasteiger partial charge in [0.2, 0.25) is 5.91 Å². The number of halogens is 2. The monoisotopic (exact) mass is 428 g/mol. The Morgan fingerprint density at radius 3 is 2.71 bits per heavy atom. The zero-order valence-electron chi connectivity index (χ0n) is 17.9. The lowest BCUT2D eigenvalue weighted by molar-refractivity contribution is -0.127. The van der Waals surface area contributed by atoms with E-state index in [1.54, 1.807) is 0 Å². The molecule has 1 atom stereocenters. The van der Waals surface area contributed by atoms with E-state index < -0.39 is 11.6 Å². The highest BCUT2D eigenvalue weighted by molar-refractivity contribution is 5.80. The van der Waals surface area contributed by atoms with Crippen molar-refractivity contribution in [2.24, 2.45) is 10.9 Å². The van der Waals surface area contributed by atoms with Gasteiger partial charge in [0.15, 0.2) is 5.96 Å². The van der Waals surface area contributed by atoms with Crippen LogP contribution in [-0.4, -0.2) is 49.5 Å². The van der Waals surface area contributed by atoms with Gasteiger partial charge in [-0.2, -0.15) is 0 Å². The second kappa shape index (κ2) is 11.4. The summed E-state index contributed by atoms with van der Waals surface area (Å²) in [5.41, 5.74) is 1.56. The molecule has 1 saturated heterocycles. The highest BCUT2D eigenvalue weighted by atomic mass is 19.1. The molecule has 3 rings (SSSR count). The van der Waals surface area contributed by atoms with E-state index in [0.29, 0.717) is 50.5 Å². The summed E-state index contributed by atoms with van der Waals surface area (Å²) in [5, 5.41) is 6.32. The molecule has 31 heavy (non-hydrogen) atoms. The zero-order valence-corrected chi connectivity index (χ0v) is 17.9. The van der Waals surface area contributed by atoms with Crippen LogP contribution in [0.3, 0.4) is 0 Å². The summed E-state index contributed by atoms with van der Waals surface area (Å²) in [6.45, 7) is 5.06. The summed E-state index contributed by atoms with van der Waals surface area (Å²) >= 11 is 0. The number of carbonyl (C=O) groups excluding carboxylic acids is 1. The second-order valence-electron chi connectivity index (χ2n) is 7.78. The Bertz CT molecular complexity index is 888. The lowest BCUT2D eigenvalue weighted by atomic mass is 10.1. The lowest BCUT2D eigenvalue weighted by Gasteiger charge is -2.16. The molecule has 0 saturated carbocycles. The number of guanidine groups is 1. The number of likely N-dealkylation sites (tertiary alicyclic amines) is 1. The SMILES string of the molecule is CCNC(=NCC1CC(=O)N(CCc2ccccc2)C1)NCCc1cc(F)ccc1F. The summed E-state index contributed by atoms with van der Waals surface area (Å²) in [5.74, 6) is 0.120. The third-order valence-corrected chi connectivity index (χ3v) is 5.35. The van der Waals surface area contributed by atoms with Crippen molar-refractivity contribution in [3.8, 4) is 0 Å². The van der Waals surface area contributed by atoms with E-state index in [4.69, 9.17) is 0 Å². The van der Waals surface area contributed by atoms with E-state index in [1.165, 1.54) is 11.6 Å². The minimum absolute atomic E-state index is 0.177. The summed E-state index contributed by atoms with van der Waals surface area (Å²) in [4.78, 5) is 18.9. The van der Waals surface area contributed by atoms with E-state index in [1.807, 2.05) is 30.0 Å². The fraction of sp³-hybridized carbons (Fsp3) is 0.417. The lowest BCUT2D eigenvalue weighted by Crippen LogP contribution is -2.38. The molecule has 2 N–H and O–H groups in total. The average Bonchev–Trinajstić information content (AvgIpc) is 3.13. The van der Waals surface area contributed by atoms with Crippen molar-refractivity contribution >= 4 is 11.9 Å². The predicted octanol–water partition coefficient (Wildman–Crippen LogP) is 3.15. The first-order chi connectivity index (χ1) is 15.0. The molecule has 0 aromatic heterocycles. The van der Waals surface area contributed by atoms with Gasteiger partial charge in [0.25, 0.3) is 0 Å². The molecule has 0 bridgehead atoms. The van der Waals surface area contributed by atoms with Gasteiger partial charge in [-0.15, -0.1) is 0 Å². The fourth-order valence-electron chi connectivity index (χ4n) is 3.71. The van der Waals surface area contributed by atoms with E-state index in [2.05, 4.69) is 27.8 Å². The van der Waals surface area contributed by atoms with Gasteiger partial charge in [0.05, 0.1) is 0 Å². The van der Waals surface area contributed by atoms with Crippen molar-refractivity contribution < 1.29 is 13.6 Å². The van der Waals surface area contributed by atoms with Crippen molar-refractivity contribution in [3.05, 3.63) is 71.3 Å². The van der Waals surface area contributed by atoms with Crippen molar-refractivity contribution in [2.45, 2.75) is 26.2 Å². The fourth-order valence-corrected chi connectivity index (χ4v) is 3.71. The van der Waals surface area contributed by atoms with E-state index in [9.17, 15) is 13.6 Å². The van der Waals surface area contributed by atoms with Crippen LogP contribution in [0.25, 0.3) is 0 Å². The molecule has 1 unspecified atom stereocenters. The Kier molecular flexibility index (Phi) is 8.38. The van der Waals surface area contributed by atoms with E-state index >= 15 is 0 Å². The van der Waals surface area contributed by atoms with Crippen LogP contribution in [-0.2, 0) is 17.6 Å². The molecule has 1 aliphatic heterocycles. The maximum Gasteiger partial charge on any atom is 0.223 e. The molecule has 1 aliphatic rings. The number of rotatable bonds is 9. The summed E-state index contributed by atoms with van der Waals surface area (Å²) in [7, 11) is 0. The van der Waals surface area contributed by atoms with Crippen LogP contribution >= 0.6 is 0 Å². The minimum atomic E-state index is -0.445. The van der Waals surface area contributed by atoms with Crippen molar-refractivity contribution in [3.63, 3.8) is 0 Å². The molecular weight excluding hydrogens is 398 g/mol. The van der Waals surface area contributed by atoms with Gasteiger partial charge in [0.1, 0.15) is 11.6 Å². The first kappa shape index (κ1) is 22.7. The zero-order chi connectivity index (χ0) is 22.1. The molecule has 7 heteroatoms. The Balaban J connectivity index is 1.47. The molecule has 2 aromatic rings. The number of carbonyl (C=O) groups is 1. The third kappa shape index (κ3) is 7.05. The number of amides is 1. The first-order valence-electron chi connectivity index (χ1n) is 10.8. The number of nitrogens with one attached hydrogen (secondary N) is 2.